The second-order valence-electron chi connectivity index (χ2n) is 11.0. The summed E-state index contributed by atoms with van der Waals surface area (Å²) in [6.45, 7) is 0. The van der Waals surface area contributed by atoms with Gasteiger partial charge in [0.25, 0.3) is 0 Å². The molecule has 1 N–H and O–H groups in total. The lowest BCUT2D eigenvalue weighted by molar-refractivity contribution is 0.215. The van der Waals surface area contributed by atoms with E-state index >= 15 is 0 Å². The van der Waals surface area contributed by atoms with Gasteiger partial charge in [-0.25, -0.2) is 0 Å². The monoisotopic (exact) mass is 672 g/mol. The number of rotatable bonds is 13. The summed E-state index contributed by atoms with van der Waals surface area (Å²) in [5, 5.41) is 20.1. The molecule has 2 atom stereocenters. The van der Waals surface area contributed by atoms with Crippen LogP contribution in [0.2, 0.25) is 0 Å². The van der Waals surface area contributed by atoms with E-state index in [1.165, 1.54) is 21.2 Å². The molecule has 0 aliphatic rings. The van der Waals surface area contributed by atoms with Crippen LogP contribution in [0.25, 0.3) is 0 Å². The molecule has 0 bridgehead atoms. The van der Waals surface area contributed by atoms with Gasteiger partial charge >= 0.3 is 0 Å². The van der Waals surface area contributed by atoms with E-state index in [1.807, 2.05) is 24.3 Å². The van der Waals surface area contributed by atoms with Gasteiger partial charge in [-0.3, -0.25) is 0 Å². The molecule has 0 fully saturated rings. The maximum Gasteiger partial charge on any atom is 0.126 e. The normalized spacial score (nSPS) is 12.6. The standard InChI is InChI=1S/C41H39O3P3/c1-43-37-27-15-17-29-39(37)47(40-30-18-16-28-38(40)44-2)41(46(34-23-11-5-12-24-34)35-25-13-6-14-26-35)36(42)31-45(32-19-7-3-8-20-32)33-21-9-4-10-22-33/h3-30,36,41-42H,31H2,1-2H3. The van der Waals surface area contributed by atoms with Crippen molar-refractivity contribution in [2.75, 3.05) is 20.4 Å². The van der Waals surface area contributed by atoms with Gasteiger partial charge in [-0.1, -0.05) is 158 Å². The van der Waals surface area contributed by atoms with Gasteiger partial charge in [0.1, 0.15) is 11.5 Å². The highest BCUT2D eigenvalue weighted by Crippen LogP contribution is 2.60. The van der Waals surface area contributed by atoms with Crippen molar-refractivity contribution in [2.24, 2.45) is 0 Å². The first-order chi connectivity index (χ1) is 23.2. The fourth-order valence-corrected chi connectivity index (χ4v) is 16.1. The topological polar surface area (TPSA) is 38.7 Å². The van der Waals surface area contributed by atoms with Gasteiger partial charge in [0.05, 0.1) is 20.3 Å². The quantitative estimate of drug-likeness (QED) is 0.133. The predicted molar refractivity (Wildman–Crippen MR) is 205 cm³/mol. The van der Waals surface area contributed by atoms with Gasteiger partial charge in [0, 0.05) is 22.2 Å². The van der Waals surface area contributed by atoms with Crippen LogP contribution in [0.15, 0.2) is 170 Å². The number of hydrogen-bond donors (Lipinski definition) is 1. The van der Waals surface area contributed by atoms with Crippen molar-refractivity contribution in [1.29, 1.82) is 0 Å². The lowest BCUT2D eigenvalue weighted by atomic mass is 10.3. The lowest BCUT2D eigenvalue weighted by Gasteiger charge is -2.40. The third-order valence-corrected chi connectivity index (χ3v) is 17.3. The first-order valence-corrected chi connectivity index (χ1v) is 20.0. The molecule has 0 aromatic heterocycles. The molecule has 0 radical (unpaired) electrons. The van der Waals surface area contributed by atoms with E-state index in [0.29, 0.717) is 6.16 Å². The summed E-state index contributed by atoms with van der Waals surface area (Å²) in [5.41, 5.74) is 0. The minimum absolute atomic E-state index is 0.171. The minimum atomic E-state index is -1.22. The molecule has 0 spiro atoms. The number of benzene rings is 6. The third kappa shape index (κ3) is 7.67. The number of aliphatic hydroxyl groups is 1. The molecule has 6 aromatic rings. The highest BCUT2D eigenvalue weighted by atomic mass is 31.2. The summed E-state index contributed by atoms with van der Waals surface area (Å²) in [6.07, 6.45) is -0.0377. The Bertz CT molecular complexity index is 1700. The van der Waals surface area contributed by atoms with Crippen molar-refractivity contribution < 1.29 is 14.6 Å². The van der Waals surface area contributed by atoms with E-state index in [0.717, 1.165) is 22.1 Å². The molecule has 0 heterocycles. The Hall–Kier alpha value is -3.83. The Morgan fingerprint density at radius 1 is 0.447 bits per heavy atom. The average Bonchev–Trinajstić information content (AvgIpc) is 3.15. The highest BCUT2D eigenvalue weighted by molar-refractivity contribution is 7.90. The summed E-state index contributed by atoms with van der Waals surface area (Å²) in [6, 6.07) is 59.6. The fourth-order valence-electron chi connectivity index (χ4n) is 6.02. The minimum Gasteiger partial charge on any atom is -0.496 e. The van der Waals surface area contributed by atoms with Gasteiger partial charge in [-0.15, -0.1) is 0 Å². The van der Waals surface area contributed by atoms with Gasteiger partial charge in [0.15, 0.2) is 0 Å². The largest absolute Gasteiger partial charge is 0.496 e. The van der Waals surface area contributed by atoms with Crippen LogP contribution in [0.4, 0.5) is 0 Å². The predicted octanol–water partition coefficient (Wildman–Crippen LogP) is 7.09. The van der Waals surface area contributed by atoms with Crippen LogP contribution in [-0.2, 0) is 0 Å². The van der Waals surface area contributed by atoms with Crippen LogP contribution in [0.5, 0.6) is 11.5 Å². The molecule has 2 unspecified atom stereocenters. The Kier molecular flexibility index (Phi) is 11.5. The second kappa shape index (κ2) is 16.3. The zero-order valence-electron chi connectivity index (χ0n) is 26.6. The van der Waals surface area contributed by atoms with Crippen molar-refractivity contribution in [1.82, 2.24) is 0 Å². The highest BCUT2D eigenvalue weighted by Gasteiger charge is 2.41. The van der Waals surface area contributed by atoms with E-state index in [-0.39, 0.29) is 5.40 Å². The summed E-state index contributed by atoms with van der Waals surface area (Å²) in [5.74, 6) is 1.65. The molecule has 0 aliphatic carbocycles. The molecule has 0 aliphatic heterocycles. The maximum atomic E-state index is 13.1. The molecular formula is C41H39O3P3. The number of aliphatic hydroxyl groups excluding tert-OH is 1. The van der Waals surface area contributed by atoms with E-state index in [2.05, 4.69) is 146 Å². The smallest absolute Gasteiger partial charge is 0.126 e. The van der Waals surface area contributed by atoms with Gasteiger partial charge in [-0.2, -0.15) is 0 Å². The van der Waals surface area contributed by atoms with Crippen LogP contribution in [0, 0.1) is 0 Å². The first-order valence-electron chi connectivity index (χ1n) is 15.7. The van der Waals surface area contributed by atoms with E-state index in [1.54, 1.807) is 14.2 Å². The lowest BCUT2D eigenvalue weighted by Crippen LogP contribution is -2.39. The molecule has 6 rings (SSSR count). The summed E-state index contributed by atoms with van der Waals surface area (Å²) in [4.78, 5) is 0. The molecule has 0 amide bonds. The Balaban J connectivity index is 1.61. The van der Waals surface area contributed by atoms with Crippen molar-refractivity contribution in [3.8, 4) is 11.5 Å². The van der Waals surface area contributed by atoms with Crippen molar-refractivity contribution in [2.45, 2.75) is 11.5 Å². The van der Waals surface area contributed by atoms with E-state index in [9.17, 15) is 5.11 Å². The molecule has 0 saturated carbocycles. The van der Waals surface area contributed by atoms with E-state index in [4.69, 9.17) is 9.47 Å². The van der Waals surface area contributed by atoms with Crippen molar-refractivity contribution in [3.63, 3.8) is 0 Å². The number of ether oxygens (including phenoxy) is 2. The van der Waals surface area contributed by atoms with Crippen LogP contribution < -0.4 is 41.3 Å². The Morgan fingerprint density at radius 2 is 0.787 bits per heavy atom. The van der Waals surface area contributed by atoms with Gasteiger partial charge in [-0.05, 0) is 57.1 Å². The molecule has 3 nitrogen and oxygen atoms in total. The maximum absolute atomic E-state index is 13.1. The van der Waals surface area contributed by atoms with E-state index < -0.39 is 29.9 Å². The molecule has 6 aromatic carbocycles. The zero-order valence-corrected chi connectivity index (χ0v) is 29.3. The van der Waals surface area contributed by atoms with Crippen LogP contribution >= 0.6 is 23.8 Å². The fraction of sp³-hybridized carbons (Fsp3) is 0.122. The number of para-hydroxylation sites is 2. The zero-order chi connectivity index (χ0) is 32.4. The average molecular weight is 673 g/mol. The molecule has 6 heteroatoms. The van der Waals surface area contributed by atoms with Gasteiger partial charge < -0.3 is 14.6 Å². The second-order valence-corrected chi connectivity index (χ2v) is 18.3. The van der Waals surface area contributed by atoms with Crippen LogP contribution in [0.3, 0.4) is 0 Å². The Morgan fingerprint density at radius 3 is 1.17 bits per heavy atom. The number of methoxy groups -OCH3 is 2. The SMILES string of the molecule is COc1ccccc1P(c1ccccc1OC)C(C(O)CP(c1ccccc1)c1ccccc1)P(c1ccccc1)c1ccccc1. The summed E-state index contributed by atoms with van der Waals surface area (Å²) in [7, 11) is 0.324. The van der Waals surface area contributed by atoms with Crippen molar-refractivity contribution >= 4 is 55.6 Å². The van der Waals surface area contributed by atoms with Gasteiger partial charge in [0.2, 0.25) is 0 Å². The summed E-state index contributed by atoms with van der Waals surface area (Å²) < 4.78 is 12.1. The molecule has 236 valence electrons. The first kappa shape index (κ1) is 33.1. The Labute approximate surface area is 282 Å². The molecule has 47 heavy (non-hydrogen) atoms. The van der Waals surface area contributed by atoms with Crippen LogP contribution in [0.1, 0.15) is 0 Å². The summed E-state index contributed by atoms with van der Waals surface area (Å²) >= 11 is 0. The molecule has 0 saturated heterocycles. The van der Waals surface area contributed by atoms with Crippen molar-refractivity contribution in [3.05, 3.63) is 170 Å². The molecular weight excluding hydrogens is 633 g/mol. The van der Waals surface area contributed by atoms with Crippen LogP contribution in [-0.4, -0.2) is 37.0 Å². The third-order valence-electron chi connectivity index (χ3n) is 8.14. The number of hydrogen-bond acceptors (Lipinski definition) is 3.